The van der Waals surface area contributed by atoms with Crippen LogP contribution in [0, 0.1) is 5.82 Å². The molecule has 10 nitrogen and oxygen atoms in total. The second-order valence-electron chi connectivity index (χ2n) is 9.83. The van der Waals surface area contributed by atoms with Crippen molar-refractivity contribution in [1.82, 2.24) is 34.6 Å². The van der Waals surface area contributed by atoms with Crippen LogP contribution in [-0.4, -0.2) is 79.3 Å². The summed E-state index contributed by atoms with van der Waals surface area (Å²) in [7, 11) is 0. The summed E-state index contributed by atoms with van der Waals surface area (Å²) in [4.78, 5) is 23.0. The zero-order valence-electron chi connectivity index (χ0n) is 21.4. The molecule has 40 heavy (non-hydrogen) atoms. The third-order valence-electron chi connectivity index (χ3n) is 6.88. The van der Waals surface area contributed by atoms with Crippen LogP contribution in [0.3, 0.4) is 0 Å². The molecule has 1 N–H and O–H groups in total. The fourth-order valence-corrected chi connectivity index (χ4v) is 6.56. The predicted octanol–water partition coefficient (Wildman–Crippen LogP) is 4.54. The molecule has 0 radical (unpaired) electrons. The van der Waals surface area contributed by atoms with Crippen LogP contribution in [0.4, 0.5) is 9.52 Å². The maximum Gasteiger partial charge on any atom is 0.240 e. The average Bonchev–Trinajstić information content (AvgIpc) is 3.61. The van der Waals surface area contributed by atoms with Crippen molar-refractivity contribution in [2.24, 2.45) is 0 Å². The number of hydrogen-bond acceptors (Lipinski definition) is 10. The number of benzene rings is 2. The lowest BCUT2D eigenvalue weighted by Gasteiger charge is -2.34. The van der Waals surface area contributed by atoms with Gasteiger partial charge in [0, 0.05) is 49.2 Å². The molecule has 4 heterocycles. The number of fused-ring (bicyclic) bond motifs is 2. The Kier molecular flexibility index (Phi) is 6.79. The maximum atomic E-state index is 13.5. The molecule has 3 aromatic heterocycles. The van der Waals surface area contributed by atoms with Gasteiger partial charge in [0.05, 0.1) is 16.8 Å². The molecule has 2 aromatic carbocycles. The molecule has 1 saturated carbocycles. The molecule has 0 bridgehead atoms. The maximum absolute atomic E-state index is 13.5. The summed E-state index contributed by atoms with van der Waals surface area (Å²) in [6.07, 6.45) is 2.64. The third-order valence-corrected chi connectivity index (χ3v) is 8.74. The minimum atomic E-state index is -0.387. The lowest BCUT2D eigenvalue weighted by atomic mass is 10.3. The third kappa shape index (κ3) is 5.63. The van der Waals surface area contributed by atoms with Crippen LogP contribution in [-0.2, 0) is 4.79 Å². The van der Waals surface area contributed by atoms with Gasteiger partial charge in [0.1, 0.15) is 11.6 Å². The number of thiazole rings is 1. The second-order valence-corrected chi connectivity index (χ2v) is 11.9. The van der Waals surface area contributed by atoms with Crippen molar-refractivity contribution in [2.45, 2.75) is 28.9 Å². The van der Waals surface area contributed by atoms with Crippen LogP contribution in [0.2, 0.25) is 0 Å². The Morgan fingerprint density at radius 1 is 1.07 bits per heavy atom. The fraction of sp³-hybridized carbons (Fsp3) is 0.296. The average molecular weight is 577 g/mol. The van der Waals surface area contributed by atoms with E-state index in [-0.39, 0.29) is 11.7 Å². The number of halogens is 1. The monoisotopic (exact) mass is 576 g/mol. The highest BCUT2D eigenvalue weighted by Gasteiger charge is 2.31. The van der Waals surface area contributed by atoms with Crippen molar-refractivity contribution in [2.75, 3.05) is 38.0 Å². The predicted molar refractivity (Wildman–Crippen MR) is 151 cm³/mol. The van der Waals surface area contributed by atoms with Crippen LogP contribution in [0.1, 0.15) is 12.8 Å². The van der Waals surface area contributed by atoms with Gasteiger partial charge in [0.15, 0.2) is 10.8 Å². The summed E-state index contributed by atoms with van der Waals surface area (Å²) in [6, 6.07) is 16.0. The number of ether oxygens (including phenoxy) is 1. The lowest BCUT2D eigenvalue weighted by Crippen LogP contribution is -2.49. The van der Waals surface area contributed by atoms with Gasteiger partial charge in [-0.25, -0.2) is 9.37 Å². The summed E-state index contributed by atoms with van der Waals surface area (Å²) < 4.78 is 21.8. The van der Waals surface area contributed by atoms with Gasteiger partial charge in [-0.05, 0) is 61.0 Å². The van der Waals surface area contributed by atoms with Gasteiger partial charge in [-0.2, -0.15) is 4.52 Å². The van der Waals surface area contributed by atoms with Crippen molar-refractivity contribution < 1.29 is 13.9 Å². The van der Waals surface area contributed by atoms with Gasteiger partial charge in [-0.1, -0.05) is 17.4 Å². The number of nitrogens with zero attached hydrogens (tertiary/aromatic N) is 7. The number of carbonyl (C=O) groups is 1. The zero-order chi connectivity index (χ0) is 27.1. The number of carbonyl (C=O) groups excluding carboxylic acids is 1. The summed E-state index contributed by atoms with van der Waals surface area (Å²) in [5.41, 5.74) is 1.38. The van der Waals surface area contributed by atoms with Crippen molar-refractivity contribution >= 4 is 50.0 Å². The van der Waals surface area contributed by atoms with Crippen LogP contribution >= 0.6 is 23.1 Å². The molecule has 1 aliphatic heterocycles. The molecule has 1 amide bonds. The van der Waals surface area contributed by atoms with Crippen molar-refractivity contribution in [1.29, 1.82) is 0 Å². The Labute approximate surface area is 237 Å². The van der Waals surface area contributed by atoms with E-state index in [2.05, 4.69) is 35.4 Å². The first-order valence-electron chi connectivity index (χ1n) is 13.1. The Hall–Kier alpha value is -3.65. The van der Waals surface area contributed by atoms with Gasteiger partial charge in [-0.15, -0.1) is 15.3 Å². The highest BCUT2D eigenvalue weighted by atomic mass is 32.2. The van der Waals surface area contributed by atoms with E-state index >= 15 is 0 Å². The smallest absolute Gasteiger partial charge is 0.240 e. The summed E-state index contributed by atoms with van der Waals surface area (Å²) in [5.74, 6) is 0.222. The molecule has 0 unspecified atom stereocenters. The number of amides is 1. The van der Waals surface area contributed by atoms with Gasteiger partial charge in [0.2, 0.25) is 16.9 Å². The van der Waals surface area contributed by atoms with E-state index in [1.807, 2.05) is 18.2 Å². The number of hydrogen-bond donors (Lipinski definition) is 1. The number of anilines is 1. The normalized spacial score (nSPS) is 16.5. The summed E-state index contributed by atoms with van der Waals surface area (Å²) >= 11 is 2.84. The van der Waals surface area contributed by atoms with E-state index < -0.39 is 0 Å². The minimum absolute atomic E-state index is 0.0363. The molecular formula is C27H25FN8O2S2. The molecule has 5 aromatic rings. The Balaban J connectivity index is 1.01. The zero-order valence-corrected chi connectivity index (χ0v) is 23.0. The Morgan fingerprint density at radius 3 is 2.77 bits per heavy atom. The molecule has 7 rings (SSSR count). The van der Waals surface area contributed by atoms with Gasteiger partial charge < -0.3 is 10.1 Å². The van der Waals surface area contributed by atoms with Crippen LogP contribution in [0.5, 0.6) is 11.6 Å². The fourth-order valence-electron chi connectivity index (χ4n) is 4.74. The van der Waals surface area contributed by atoms with E-state index in [0.29, 0.717) is 34.1 Å². The van der Waals surface area contributed by atoms with E-state index in [4.69, 9.17) is 4.74 Å². The van der Waals surface area contributed by atoms with Crippen molar-refractivity contribution in [3.63, 3.8) is 0 Å². The van der Waals surface area contributed by atoms with E-state index in [0.717, 1.165) is 47.3 Å². The van der Waals surface area contributed by atoms with Crippen molar-refractivity contribution in [3.05, 3.63) is 60.4 Å². The van der Waals surface area contributed by atoms with E-state index in [9.17, 15) is 9.18 Å². The largest absolute Gasteiger partial charge is 0.437 e. The second kappa shape index (κ2) is 10.7. The van der Waals surface area contributed by atoms with Crippen molar-refractivity contribution in [3.8, 4) is 11.6 Å². The highest BCUT2D eigenvalue weighted by Crippen LogP contribution is 2.33. The summed E-state index contributed by atoms with van der Waals surface area (Å²) in [5, 5.41) is 17.1. The lowest BCUT2D eigenvalue weighted by molar-refractivity contribution is -0.117. The Bertz CT molecular complexity index is 1700. The first-order valence-corrected chi connectivity index (χ1v) is 14.7. The molecule has 204 valence electrons. The molecule has 2 fully saturated rings. The van der Waals surface area contributed by atoms with E-state index in [1.54, 1.807) is 28.8 Å². The molecule has 0 spiro atoms. The standard InChI is InChI=1S/C27H25FN8O2S2/c28-17-2-1-3-19(14-17)38-25-9-8-23-31-32-27(36(23)33-25)39-20-6-7-21-22(15-20)40-26(29-21)30-24(37)16-34-10-12-35(13-11-34)18-4-5-18/h1-3,6-9,14-15,18H,4-5,10-13,16H2,(H,29,30,37). The number of piperazine rings is 1. The number of nitrogens with one attached hydrogen (secondary N) is 1. The SMILES string of the molecule is O=C(CN1CCN(C2CC2)CC1)Nc1nc2ccc(Sc3nnc4ccc(Oc5cccc(F)c5)nn34)cc2s1. The highest BCUT2D eigenvalue weighted by molar-refractivity contribution is 7.99. The molecule has 13 heteroatoms. The van der Waals surface area contributed by atoms with E-state index in [1.165, 1.54) is 48.1 Å². The summed E-state index contributed by atoms with van der Waals surface area (Å²) in [6.45, 7) is 4.31. The first kappa shape index (κ1) is 25.3. The van der Waals surface area contributed by atoms with Crippen LogP contribution in [0.15, 0.2) is 64.6 Å². The topological polar surface area (TPSA) is 101 Å². The van der Waals surface area contributed by atoms with Gasteiger partial charge >= 0.3 is 0 Å². The number of rotatable bonds is 8. The molecule has 1 saturated heterocycles. The molecular weight excluding hydrogens is 551 g/mol. The Morgan fingerprint density at radius 2 is 1.95 bits per heavy atom. The molecule has 0 atom stereocenters. The van der Waals surface area contributed by atoms with Gasteiger partial charge in [-0.3, -0.25) is 14.6 Å². The quantitative estimate of drug-likeness (QED) is 0.285. The molecule has 1 aliphatic carbocycles. The number of aromatic nitrogens is 5. The van der Waals surface area contributed by atoms with Gasteiger partial charge in [0.25, 0.3) is 0 Å². The minimum Gasteiger partial charge on any atom is -0.437 e. The van der Waals surface area contributed by atoms with Crippen LogP contribution in [0.25, 0.3) is 15.9 Å². The first-order chi connectivity index (χ1) is 19.6. The molecule has 2 aliphatic rings. The van der Waals surface area contributed by atoms with Crippen LogP contribution < -0.4 is 10.1 Å².